The van der Waals surface area contributed by atoms with Crippen molar-refractivity contribution in [2.75, 3.05) is 18.0 Å². The molecule has 0 amide bonds. The number of carbonyl (C=O) groups excluding carboxylic acids is 1. The number of hydrogen-bond donors (Lipinski definition) is 0. The fraction of sp³-hybridized carbons (Fsp3) is 0.462. The number of nitro groups is 1. The molecule has 1 aromatic rings. The van der Waals surface area contributed by atoms with Crippen molar-refractivity contribution in [3.63, 3.8) is 0 Å². The second-order valence-electron chi connectivity index (χ2n) is 5.02. The monoisotopic (exact) mass is 302 g/mol. The molecule has 8 heteroatoms. The number of nitrogens with zero attached hydrogens (tertiary/aromatic N) is 2. The number of halogens is 3. The van der Waals surface area contributed by atoms with Gasteiger partial charge in [0.2, 0.25) is 0 Å². The number of Topliss-reactive ketones (excluding diaryl/α,β-unsaturated/α-hetero) is 1. The van der Waals surface area contributed by atoms with Crippen molar-refractivity contribution in [2.45, 2.75) is 19.5 Å². The summed E-state index contributed by atoms with van der Waals surface area (Å²) in [7, 11) is 0. The highest BCUT2D eigenvalue weighted by atomic mass is 19.4. The number of alkyl halides is 3. The lowest BCUT2D eigenvalue weighted by molar-refractivity contribution is -0.384. The third-order valence-electron chi connectivity index (χ3n) is 3.51. The van der Waals surface area contributed by atoms with E-state index in [1.165, 1.54) is 0 Å². The fourth-order valence-corrected chi connectivity index (χ4v) is 2.35. The molecule has 1 atom stereocenters. The number of nitro benzene ring substituents is 1. The van der Waals surface area contributed by atoms with Crippen LogP contribution in [0.25, 0.3) is 0 Å². The Morgan fingerprint density at radius 3 is 2.57 bits per heavy atom. The van der Waals surface area contributed by atoms with Gasteiger partial charge in [-0.1, -0.05) is 6.92 Å². The molecule has 1 aliphatic heterocycles. The van der Waals surface area contributed by atoms with Gasteiger partial charge in [-0.15, -0.1) is 0 Å². The summed E-state index contributed by atoms with van der Waals surface area (Å²) in [4.78, 5) is 23.3. The first-order valence-electron chi connectivity index (χ1n) is 6.33. The van der Waals surface area contributed by atoms with E-state index in [0.717, 1.165) is 12.1 Å². The van der Waals surface area contributed by atoms with Gasteiger partial charge in [0, 0.05) is 31.5 Å². The molecular formula is C13H13F3N2O3. The fourth-order valence-electron chi connectivity index (χ4n) is 2.35. The first-order chi connectivity index (χ1) is 9.70. The lowest BCUT2D eigenvalue weighted by atomic mass is 9.97. The predicted octanol–water partition coefficient (Wildman–Crippen LogP) is 3.03. The van der Waals surface area contributed by atoms with Crippen LogP contribution < -0.4 is 4.90 Å². The van der Waals surface area contributed by atoms with Gasteiger partial charge in [0.05, 0.1) is 10.5 Å². The summed E-state index contributed by atoms with van der Waals surface area (Å²) >= 11 is 0. The maximum absolute atomic E-state index is 12.6. The number of carbonyl (C=O) groups is 1. The molecule has 1 saturated heterocycles. The van der Waals surface area contributed by atoms with E-state index in [1.54, 1.807) is 11.8 Å². The van der Waals surface area contributed by atoms with E-state index in [1.807, 2.05) is 0 Å². The summed E-state index contributed by atoms with van der Waals surface area (Å²) in [5.41, 5.74) is -1.53. The first kappa shape index (κ1) is 15.3. The maximum Gasteiger partial charge on any atom is 0.416 e. The molecule has 0 bridgehead atoms. The number of piperidine rings is 1. The average molecular weight is 302 g/mol. The summed E-state index contributed by atoms with van der Waals surface area (Å²) in [5, 5.41) is 11.0. The van der Waals surface area contributed by atoms with Crippen LogP contribution in [0.5, 0.6) is 0 Å². The molecular weight excluding hydrogens is 289 g/mol. The van der Waals surface area contributed by atoms with Crippen LogP contribution in [-0.2, 0) is 11.0 Å². The van der Waals surface area contributed by atoms with Crippen LogP contribution in [-0.4, -0.2) is 23.8 Å². The Hall–Kier alpha value is -2.12. The van der Waals surface area contributed by atoms with Crippen LogP contribution in [0.1, 0.15) is 18.9 Å². The molecule has 114 valence electrons. The smallest absolute Gasteiger partial charge is 0.365 e. The van der Waals surface area contributed by atoms with Crippen molar-refractivity contribution in [3.8, 4) is 0 Å². The van der Waals surface area contributed by atoms with Crippen molar-refractivity contribution in [2.24, 2.45) is 5.92 Å². The molecule has 0 aliphatic carbocycles. The molecule has 1 heterocycles. The summed E-state index contributed by atoms with van der Waals surface area (Å²) in [5.74, 6) is -0.235. The summed E-state index contributed by atoms with van der Waals surface area (Å²) in [6, 6.07) is 2.46. The van der Waals surface area contributed by atoms with Crippen molar-refractivity contribution < 1.29 is 22.9 Å². The highest BCUT2D eigenvalue weighted by Crippen LogP contribution is 2.37. The third kappa shape index (κ3) is 3.14. The summed E-state index contributed by atoms with van der Waals surface area (Å²) < 4.78 is 37.9. The van der Waals surface area contributed by atoms with Gasteiger partial charge < -0.3 is 4.90 Å². The number of benzene rings is 1. The maximum atomic E-state index is 12.6. The number of hydrogen-bond acceptors (Lipinski definition) is 4. The van der Waals surface area contributed by atoms with Gasteiger partial charge in [-0.3, -0.25) is 14.9 Å². The quantitative estimate of drug-likeness (QED) is 0.622. The Bertz CT molecular complexity index is 587. The lowest BCUT2D eigenvalue weighted by Gasteiger charge is -2.31. The molecule has 1 unspecified atom stereocenters. The van der Waals surface area contributed by atoms with E-state index in [-0.39, 0.29) is 36.9 Å². The van der Waals surface area contributed by atoms with E-state index in [4.69, 9.17) is 0 Å². The van der Waals surface area contributed by atoms with Gasteiger partial charge in [-0.25, -0.2) is 0 Å². The minimum atomic E-state index is -4.63. The minimum absolute atomic E-state index is 0.0563. The second-order valence-corrected chi connectivity index (χ2v) is 5.02. The van der Waals surface area contributed by atoms with Crippen molar-refractivity contribution >= 4 is 17.2 Å². The van der Waals surface area contributed by atoms with Gasteiger partial charge in [-0.05, 0) is 12.1 Å². The third-order valence-corrected chi connectivity index (χ3v) is 3.51. The highest BCUT2D eigenvalue weighted by molar-refractivity contribution is 5.83. The number of rotatable bonds is 2. The lowest BCUT2D eigenvalue weighted by Crippen LogP contribution is -2.39. The molecule has 5 nitrogen and oxygen atoms in total. The molecule has 0 radical (unpaired) electrons. The molecule has 0 aromatic heterocycles. The van der Waals surface area contributed by atoms with Crippen LogP contribution in [0.4, 0.5) is 24.5 Å². The second kappa shape index (κ2) is 5.34. The zero-order chi connectivity index (χ0) is 15.8. The largest absolute Gasteiger partial charge is 0.416 e. The van der Waals surface area contributed by atoms with Crippen molar-refractivity contribution in [1.29, 1.82) is 0 Å². The molecule has 21 heavy (non-hydrogen) atoms. The van der Waals surface area contributed by atoms with Crippen molar-refractivity contribution in [3.05, 3.63) is 33.9 Å². The predicted molar refractivity (Wildman–Crippen MR) is 69.1 cm³/mol. The standard InChI is InChI=1S/C13H13F3N2O3/c1-8-7-17(5-4-12(8)19)10-3-2-9(13(14,15)16)6-11(10)18(20)21/h2-3,6,8H,4-5,7H2,1H3. The average Bonchev–Trinajstić information content (AvgIpc) is 2.40. The van der Waals surface area contributed by atoms with Gasteiger partial charge in [-0.2, -0.15) is 13.2 Å². The van der Waals surface area contributed by atoms with E-state index >= 15 is 0 Å². The summed E-state index contributed by atoms with van der Waals surface area (Å²) in [6.07, 6.45) is -4.40. The summed E-state index contributed by atoms with van der Waals surface area (Å²) in [6.45, 7) is 2.24. The number of ketones is 1. The SMILES string of the molecule is CC1CN(c2ccc(C(F)(F)F)cc2[N+](=O)[O-])CCC1=O. The molecule has 1 aromatic carbocycles. The van der Waals surface area contributed by atoms with Crippen molar-refractivity contribution in [1.82, 2.24) is 0 Å². The van der Waals surface area contributed by atoms with Crippen LogP contribution in [0.15, 0.2) is 18.2 Å². The normalized spacial score (nSPS) is 19.7. The molecule has 0 N–H and O–H groups in total. The number of anilines is 1. The first-order valence-corrected chi connectivity index (χ1v) is 6.33. The Kier molecular flexibility index (Phi) is 3.89. The Morgan fingerprint density at radius 2 is 2.05 bits per heavy atom. The van der Waals surface area contributed by atoms with Gasteiger partial charge in [0.25, 0.3) is 5.69 Å². The van der Waals surface area contributed by atoms with Crippen LogP contribution in [0.2, 0.25) is 0 Å². The van der Waals surface area contributed by atoms with Gasteiger partial charge >= 0.3 is 6.18 Å². The van der Waals surface area contributed by atoms with Crippen LogP contribution in [0, 0.1) is 16.0 Å². The van der Waals surface area contributed by atoms with E-state index < -0.39 is 22.4 Å². The minimum Gasteiger partial charge on any atom is -0.365 e. The molecule has 0 saturated carbocycles. The zero-order valence-corrected chi connectivity index (χ0v) is 11.2. The Balaban J connectivity index is 2.40. The molecule has 1 fully saturated rings. The molecule has 1 aliphatic rings. The topological polar surface area (TPSA) is 63.4 Å². The van der Waals surface area contributed by atoms with E-state index in [2.05, 4.69) is 0 Å². The van der Waals surface area contributed by atoms with Crippen LogP contribution >= 0.6 is 0 Å². The van der Waals surface area contributed by atoms with Crippen LogP contribution in [0.3, 0.4) is 0 Å². The highest BCUT2D eigenvalue weighted by Gasteiger charge is 2.34. The molecule has 2 rings (SSSR count). The van der Waals surface area contributed by atoms with Gasteiger partial charge in [0.1, 0.15) is 11.5 Å². The zero-order valence-electron chi connectivity index (χ0n) is 11.2. The van der Waals surface area contributed by atoms with Gasteiger partial charge in [0.15, 0.2) is 0 Å². The van der Waals surface area contributed by atoms with E-state index in [0.29, 0.717) is 6.07 Å². The molecule has 0 spiro atoms. The Labute approximate surface area is 118 Å². The Morgan fingerprint density at radius 1 is 1.38 bits per heavy atom. The van der Waals surface area contributed by atoms with E-state index in [9.17, 15) is 28.1 Å².